The van der Waals surface area contributed by atoms with E-state index in [-0.39, 0.29) is 17.7 Å². The van der Waals surface area contributed by atoms with Crippen molar-refractivity contribution < 1.29 is 21.6 Å². The minimum Gasteiger partial charge on any atom is -0.324 e. The van der Waals surface area contributed by atoms with Gasteiger partial charge in [0, 0.05) is 18.7 Å². The molecule has 0 amide bonds. The summed E-state index contributed by atoms with van der Waals surface area (Å²) in [6.07, 6.45) is -3.77. The fourth-order valence-electron chi connectivity index (χ4n) is 1.65. The molecule has 1 aromatic rings. The van der Waals surface area contributed by atoms with Crippen LogP contribution in [-0.4, -0.2) is 20.8 Å². The molecule has 1 rings (SSSR count). The molecule has 1 unspecified atom stereocenters. The monoisotopic (exact) mass is 295 g/mol. The second-order valence-corrected chi connectivity index (χ2v) is 6.47. The van der Waals surface area contributed by atoms with Crippen LogP contribution in [0.4, 0.5) is 13.2 Å². The SMILES string of the molecule is CS(=O)(=O)c1ccc(C(N)CCCC(F)(F)F)cc1. The average molecular weight is 295 g/mol. The van der Waals surface area contributed by atoms with Crippen molar-refractivity contribution in [3.63, 3.8) is 0 Å². The van der Waals surface area contributed by atoms with Crippen molar-refractivity contribution in [3.8, 4) is 0 Å². The summed E-state index contributed by atoms with van der Waals surface area (Å²) < 4.78 is 58.4. The molecule has 0 aliphatic carbocycles. The van der Waals surface area contributed by atoms with E-state index in [2.05, 4.69) is 0 Å². The summed E-state index contributed by atoms with van der Waals surface area (Å²) in [5.41, 5.74) is 6.40. The second kappa shape index (κ2) is 5.92. The zero-order valence-electron chi connectivity index (χ0n) is 10.4. The Labute approximate surface area is 110 Å². The highest BCUT2D eigenvalue weighted by atomic mass is 32.2. The third-order valence-electron chi connectivity index (χ3n) is 2.71. The Kier molecular flexibility index (Phi) is 4.98. The van der Waals surface area contributed by atoms with E-state index in [0.717, 1.165) is 6.26 Å². The van der Waals surface area contributed by atoms with E-state index in [0.29, 0.717) is 5.56 Å². The van der Waals surface area contributed by atoms with Crippen LogP contribution in [0.25, 0.3) is 0 Å². The van der Waals surface area contributed by atoms with E-state index in [9.17, 15) is 21.6 Å². The van der Waals surface area contributed by atoms with Crippen LogP contribution >= 0.6 is 0 Å². The van der Waals surface area contributed by atoms with Crippen molar-refractivity contribution >= 4 is 9.84 Å². The Morgan fingerprint density at radius 3 is 2.16 bits per heavy atom. The maximum absolute atomic E-state index is 12.0. The Hall–Kier alpha value is -1.08. The van der Waals surface area contributed by atoms with Gasteiger partial charge in [-0.3, -0.25) is 0 Å². The molecule has 108 valence electrons. The number of hydrogen-bond donors (Lipinski definition) is 1. The zero-order chi connectivity index (χ0) is 14.7. The highest BCUT2D eigenvalue weighted by Crippen LogP contribution is 2.25. The van der Waals surface area contributed by atoms with Crippen molar-refractivity contribution in [2.24, 2.45) is 5.73 Å². The van der Waals surface area contributed by atoms with Gasteiger partial charge >= 0.3 is 6.18 Å². The Morgan fingerprint density at radius 2 is 1.74 bits per heavy atom. The summed E-state index contributed by atoms with van der Waals surface area (Å²) in [6.45, 7) is 0. The van der Waals surface area contributed by atoms with Crippen LogP contribution in [-0.2, 0) is 9.84 Å². The summed E-state index contributed by atoms with van der Waals surface area (Å²) in [5, 5.41) is 0. The fraction of sp³-hybridized carbons (Fsp3) is 0.500. The molecule has 0 heterocycles. The van der Waals surface area contributed by atoms with Crippen molar-refractivity contribution in [2.45, 2.75) is 36.4 Å². The van der Waals surface area contributed by atoms with Crippen LogP contribution in [0.15, 0.2) is 29.2 Å². The molecule has 0 bridgehead atoms. The molecule has 0 aliphatic rings. The number of sulfone groups is 1. The Morgan fingerprint density at radius 1 is 1.21 bits per heavy atom. The van der Waals surface area contributed by atoms with Crippen molar-refractivity contribution in [1.29, 1.82) is 0 Å². The lowest BCUT2D eigenvalue weighted by Crippen LogP contribution is -2.13. The molecule has 1 atom stereocenters. The van der Waals surface area contributed by atoms with Crippen LogP contribution in [0.5, 0.6) is 0 Å². The van der Waals surface area contributed by atoms with E-state index >= 15 is 0 Å². The first kappa shape index (κ1) is 16.0. The number of rotatable bonds is 5. The molecule has 0 saturated heterocycles. The number of nitrogens with two attached hydrogens (primary N) is 1. The quantitative estimate of drug-likeness (QED) is 0.908. The van der Waals surface area contributed by atoms with Crippen LogP contribution < -0.4 is 5.73 Å². The molecule has 0 saturated carbocycles. The predicted octanol–water partition coefficient (Wildman–Crippen LogP) is 2.82. The fourth-order valence-corrected chi connectivity index (χ4v) is 2.28. The Bertz CT molecular complexity index is 509. The summed E-state index contributed by atoms with van der Waals surface area (Å²) in [7, 11) is -3.27. The minimum atomic E-state index is -4.17. The first-order valence-electron chi connectivity index (χ1n) is 5.72. The van der Waals surface area contributed by atoms with Crippen LogP contribution in [0, 0.1) is 0 Å². The van der Waals surface area contributed by atoms with Crippen molar-refractivity contribution in [2.75, 3.05) is 6.26 Å². The molecule has 0 aromatic heterocycles. The summed E-state index contributed by atoms with van der Waals surface area (Å²) in [6, 6.07) is 5.38. The largest absolute Gasteiger partial charge is 0.389 e. The molecule has 0 aliphatic heterocycles. The second-order valence-electron chi connectivity index (χ2n) is 4.46. The van der Waals surface area contributed by atoms with E-state index < -0.39 is 28.5 Å². The molecular formula is C12H16F3NO2S. The molecule has 2 N–H and O–H groups in total. The predicted molar refractivity (Wildman–Crippen MR) is 66.4 cm³/mol. The third kappa shape index (κ3) is 5.61. The number of benzene rings is 1. The van der Waals surface area contributed by atoms with E-state index in [1.807, 2.05) is 0 Å². The summed E-state index contributed by atoms with van der Waals surface area (Å²) in [4.78, 5) is 0.166. The highest BCUT2D eigenvalue weighted by Gasteiger charge is 2.26. The van der Waals surface area contributed by atoms with Crippen LogP contribution in [0.2, 0.25) is 0 Å². The van der Waals surface area contributed by atoms with Gasteiger partial charge in [0.1, 0.15) is 0 Å². The number of halogens is 3. The van der Waals surface area contributed by atoms with Gasteiger partial charge in [-0.1, -0.05) is 12.1 Å². The maximum Gasteiger partial charge on any atom is 0.389 e. The van der Waals surface area contributed by atoms with Gasteiger partial charge in [0.25, 0.3) is 0 Å². The molecule has 0 radical (unpaired) electrons. The standard InChI is InChI=1S/C12H16F3NO2S/c1-19(17,18)10-6-4-9(5-7-10)11(16)3-2-8-12(13,14)15/h4-7,11H,2-3,8,16H2,1H3. The number of hydrogen-bond acceptors (Lipinski definition) is 3. The molecule has 0 spiro atoms. The Balaban J connectivity index is 2.61. The van der Waals surface area contributed by atoms with E-state index in [1.165, 1.54) is 24.3 Å². The number of alkyl halides is 3. The molecule has 3 nitrogen and oxygen atoms in total. The van der Waals surface area contributed by atoms with Crippen molar-refractivity contribution in [1.82, 2.24) is 0 Å². The zero-order valence-corrected chi connectivity index (χ0v) is 11.3. The lowest BCUT2D eigenvalue weighted by molar-refractivity contribution is -0.135. The lowest BCUT2D eigenvalue weighted by atomic mass is 10.0. The van der Waals surface area contributed by atoms with Gasteiger partial charge < -0.3 is 5.73 Å². The molecule has 19 heavy (non-hydrogen) atoms. The molecule has 7 heteroatoms. The van der Waals surface area contributed by atoms with Gasteiger partial charge in [0.2, 0.25) is 0 Å². The van der Waals surface area contributed by atoms with Gasteiger partial charge in [-0.25, -0.2) is 8.42 Å². The topological polar surface area (TPSA) is 60.2 Å². The normalized spacial score (nSPS) is 14.4. The van der Waals surface area contributed by atoms with E-state index in [4.69, 9.17) is 5.73 Å². The van der Waals surface area contributed by atoms with Gasteiger partial charge in [0.15, 0.2) is 9.84 Å². The minimum absolute atomic E-state index is 0.0432. The molecular weight excluding hydrogens is 279 g/mol. The first-order chi connectivity index (χ1) is 8.59. The lowest BCUT2D eigenvalue weighted by Gasteiger charge is -2.13. The summed E-state index contributed by atoms with van der Waals surface area (Å²) in [5.74, 6) is 0. The van der Waals surface area contributed by atoms with Gasteiger partial charge in [0.05, 0.1) is 4.90 Å². The van der Waals surface area contributed by atoms with Crippen molar-refractivity contribution in [3.05, 3.63) is 29.8 Å². The van der Waals surface area contributed by atoms with Crippen LogP contribution in [0.3, 0.4) is 0 Å². The van der Waals surface area contributed by atoms with Gasteiger partial charge in [-0.2, -0.15) is 13.2 Å². The van der Waals surface area contributed by atoms with Gasteiger partial charge in [-0.15, -0.1) is 0 Å². The smallest absolute Gasteiger partial charge is 0.324 e. The highest BCUT2D eigenvalue weighted by molar-refractivity contribution is 7.90. The summed E-state index contributed by atoms with van der Waals surface area (Å²) >= 11 is 0. The van der Waals surface area contributed by atoms with Crippen LogP contribution in [0.1, 0.15) is 30.9 Å². The maximum atomic E-state index is 12.0. The first-order valence-corrected chi connectivity index (χ1v) is 7.61. The van der Waals surface area contributed by atoms with E-state index in [1.54, 1.807) is 0 Å². The van der Waals surface area contributed by atoms with Gasteiger partial charge in [-0.05, 0) is 30.5 Å². The molecule has 1 aromatic carbocycles. The third-order valence-corrected chi connectivity index (χ3v) is 3.84. The average Bonchev–Trinajstić information content (AvgIpc) is 2.26. The molecule has 0 fully saturated rings.